The molecule has 1 unspecified atom stereocenters. The molecule has 0 amide bonds. The summed E-state index contributed by atoms with van der Waals surface area (Å²) < 4.78 is 39.7. The van der Waals surface area contributed by atoms with Gasteiger partial charge >= 0.3 is 6.18 Å². The van der Waals surface area contributed by atoms with Crippen molar-refractivity contribution < 1.29 is 13.2 Å². The van der Waals surface area contributed by atoms with Crippen LogP contribution < -0.4 is 10.6 Å². The number of halogens is 3. The summed E-state index contributed by atoms with van der Waals surface area (Å²) in [6.45, 7) is 0.490. The van der Waals surface area contributed by atoms with Crippen molar-refractivity contribution >= 4 is 5.69 Å². The van der Waals surface area contributed by atoms with Crippen molar-refractivity contribution in [3.8, 4) is 0 Å². The first-order chi connectivity index (χ1) is 9.04. The van der Waals surface area contributed by atoms with Crippen molar-refractivity contribution in [1.82, 2.24) is 0 Å². The van der Waals surface area contributed by atoms with Gasteiger partial charge < -0.3 is 10.6 Å². The van der Waals surface area contributed by atoms with Gasteiger partial charge in [0.05, 0.1) is 0 Å². The quantitative estimate of drug-likeness (QED) is 0.916. The van der Waals surface area contributed by atoms with Crippen LogP contribution in [0, 0.1) is 0 Å². The monoisotopic (exact) mass is 272 g/mol. The highest BCUT2D eigenvalue weighted by molar-refractivity contribution is 5.55. The van der Waals surface area contributed by atoms with Crippen molar-refractivity contribution in [2.75, 3.05) is 18.0 Å². The van der Waals surface area contributed by atoms with Gasteiger partial charge in [-0.15, -0.1) is 0 Å². The molecule has 0 aromatic heterocycles. The van der Waals surface area contributed by atoms with Gasteiger partial charge in [-0.2, -0.15) is 13.2 Å². The SMILES string of the molecule is NCCC(N1CCCCc2ccccc21)C(F)(F)F. The lowest BCUT2D eigenvalue weighted by Gasteiger charge is -2.35. The summed E-state index contributed by atoms with van der Waals surface area (Å²) >= 11 is 0. The number of nitrogens with two attached hydrogens (primary N) is 1. The molecule has 2 rings (SSSR count). The lowest BCUT2D eigenvalue weighted by atomic mass is 10.1. The van der Waals surface area contributed by atoms with E-state index in [9.17, 15) is 13.2 Å². The number of nitrogens with zero attached hydrogens (tertiary/aromatic N) is 1. The maximum absolute atomic E-state index is 13.2. The second kappa shape index (κ2) is 5.82. The Morgan fingerprint density at radius 1 is 1.21 bits per heavy atom. The van der Waals surface area contributed by atoms with E-state index in [4.69, 9.17) is 5.73 Å². The highest BCUT2D eigenvalue weighted by Gasteiger charge is 2.43. The number of alkyl halides is 3. The molecule has 0 saturated heterocycles. The fourth-order valence-corrected chi connectivity index (χ4v) is 2.70. The number of hydrogen-bond donors (Lipinski definition) is 1. The van der Waals surface area contributed by atoms with E-state index in [1.165, 1.54) is 4.90 Å². The first-order valence-corrected chi connectivity index (χ1v) is 6.65. The molecule has 0 fully saturated rings. The van der Waals surface area contributed by atoms with Crippen molar-refractivity contribution in [1.29, 1.82) is 0 Å². The Hall–Kier alpha value is -1.23. The molecule has 0 bridgehead atoms. The molecule has 5 heteroatoms. The normalized spacial score (nSPS) is 17.8. The summed E-state index contributed by atoms with van der Waals surface area (Å²) in [5.41, 5.74) is 7.09. The molecule has 19 heavy (non-hydrogen) atoms. The van der Waals surface area contributed by atoms with E-state index >= 15 is 0 Å². The van der Waals surface area contributed by atoms with Crippen molar-refractivity contribution in [2.45, 2.75) is 37.9 Å². The number of aryl methyl sites for hydroxylation is 1. The third-order valence-corrected chi connectivity index (χ3v) is 3.59. The fraction of sp³-hybridized carbons (Fsp3) is 0.571. The van der Waals surface area contributed by atoms with E-state index in [2.05, 4.69) is 0 Å². The number of anilines is 1. The van der Waals surface area contributed by atoms with Gasteiger partial charge in [-0.25, -0.2) is 0 Å². The summed E-state index contributed by atoms with van der Waals surface area (Å²) in [6, 6.07) is 5.91. The minimum Gasteiger partial charge on any atom is -0.360 e. The highest BCUT2D eigenvalue weighted by Crippen LogP contribution is 2.34. The number of hydrogen-bond acceptors (Lipinski definition) is 2. The average molecular weight is 272 g/mol. The minimum atomic E-state index is -4.24. The molecule has 1 aromatic carbocycles. The van der Waals surface area contributed by atoms with Crippen LogP contribution in [-0.4, -0.2) is 25.3 Å². The Bertz CT molecular complexity index is 417. The van der Waals surface area contributed by atoms with Gasteiger partial charge in [-0.1, -0.05) is 18.2 Å². The predicted molar refractivity (Wildman–Crippen MR) is 70.2 cm³/mol. The van der Waals surface area contributed by atoms with E-state index in [0.29, 0.717) is 6.54 Å². The summed E-state index contributed by atoms with van der Waals surface area (Å²) in [7, 11) is 0. The van der Waals surface area contributed by atoms with E-state index in [1.807, 2.05) is 12.1 Å². The molecule has 1 aliphatic rings. The van der Waals surface area contributed by atoms with Crippen LogP contribution >= 0.6 is 0 Å². The van der Waals surface area contributed by atoms with Crippen LogP contribution in [0.5, 0.6) is 0 Å². The highest BCUT2D eigenvalue weighted by atomic mass is 19.4. The van der Waals surface area contributed by atoms with Crippen LogP contribution in [-0.2, 0) is 6.42 Å². The van der Waals surface area contributed by atoms with Gasteiger partial charge in [0.1, 0.15) is 6.04 Å². The first kappa shape index (κ1) is 14.2. The maximum atomic E-state index is 13.2. The Morgan fingerprint density at radius 2 is 1.95 bits per heavy atom. The van der Waals surface area contributed by atoms with Gasteiger partial charge in [0.2, 0.25) is 0 Å². The molecule has 0 spiro atoms. The van der Waals surface area contributed by atoms with Crippen LogP contribution in [0.1, 0.15) is 24.8 Å². The Labute approximate surface area is 111 Å². The standard InChI is InChI=1S/C14H19F3N2/c15-14(16,17)13(8-9-18)19-10-4-3-6-11-5-1-2-7-12(11)19/h1-2,5,7,13H,3-4,6,8-10,18H2. The third kappa shape index (κ3) is 3.21. The number of fused-ring (bicyclic) bond motifs is 1. The molecule has 1 aliphatic heterocycles. The summed E-state index contributed by atoms with van der Waals surface area (Å²) in [5, 5.41) is 0. The minimum absolute atomic E-state index is 0.0445. The molecule has 0 saturated carbocycles. The van der Waals surface area contributed by atoms with Crippen molar-refractivity contribution in [2.24, 2.45) is 5.73 Å². The third-order valence-electron chi connectivity index (χ3n) is 3.59. The average Bonchev–Trinajstić information content (AvgIpc) is 2.57. The summed E-state index contributed by atoms with van der Waals surface area (Å²) in [5.74, 6) is 0. The molecule has 2 N–H and O–H groups in total. The van der Waals surface area contributed by atoms with Gasteiger partial charge in [0, 0.05) is 12.2 Å². The Balaban J connectivity index is 2.36. The van der Waals surface area contributed by atoms with E-state index < -0.39 is 12.2 Å². The summed E-state index contributed by atoms with van der Waals surface area (Å²) in [6.07, 6.45) is -1.74. The van der Waals surface area contributed by atoms with Crippen LogP contribution in [0.2, 0.25) is 0 Å². The van der Waals surface area contributed by atoms with Gasteiger partial charge in [-0.3, -0.25) is 0 Å². The molecule has 1 heterocycles. The molecular formula is C14H19F3N2. The zero-order valence-corrected chi connectivity index (χ0v) is 10.8. The molecule has 0 aliphatic carbocycles. The van der Waals surface area contributed by atoms with Crippen LogP contribution in [0.15, 0.2) is 24.3 Å². The predicted octanol–water partition coefficient (Wildman–Crippen LogP) is 3.11. The molecule has 1 atom stereocenters. The number of benzene rings is 1. The molecule has 1 aromatic rings. The maximum Gasteiger partial charge on any atom is 0.408 e. The topological polar surface area (TPSA) is 29.3 Å². The van der Waals surface area contributed by atoms with Crippen LogP contribution in [0.4, 0.5) is 18.9 Å². The molecule has 0 radical (unpaired) electrons. The van der Waals surface area contributed by atoms with Gasteiger partial charge in [0.15, 0.2) is 0 Å². The van der Waals surface area contributed by atoms with Gasteiger partial charge in [0.25, 0.3) is 0 Å². The largest absolute Gasteiger partial charge is 0.408 e. The zero-order valence-electron chi connectivity index (χ0n) is 10.8. The van der Waals surface area contributed by atoms with Crippen LogP contribution in [0.3, 0.4) is 0 Å². The second-order valence-electron chi connectivity index (χ2n) is 4.91. The van der Waals surface area contributed by atoms with Crippen molar-refractivity contribution in [3.63, 3.8) is 0 Å². The van der Waals surface area contributed by atoms with Crippen LogP contribution in [0.25, 0.3) is 0 Å². The van der Waals surface area contributed by atoms with Gasteiger partial charge in [-0.05, 0) is 43.9 Å². The van der Waals surface area contributed by atoms with Crippen molar-refractivity contribution in [3.05, 3.63) is 29.8 Å². The summed E-state index contributed by atoms with van der Waals surface area (Å²) in [4.78, 5) is 1.50. The number of para-hydroxylation sites is 1. The molecule has 106 valence electrons. The fourth-order valence-electron chi connectivity index (χ4n) is 2.70. The molecule has 2 nitrogen and oxygen atoms in total. The second-order valence-corrected chi connectivity index (χ2v) is 4.91. The smallest absolute Gasteiger partial charge is 0.360 e. The lowest BCUT2D eigenvalue weighted by Crippen LogP contribution is -2.47. The Morgan fingerprint density at radius 3 is 2.63 bits per heavy atom. The lowest BCUT2D eigenvalue weighted by molar-refractivity contribution is -0.149. The number of rotatable bonds is 3. The Kier molecular flexibility index (Phi) is 4.34. The first-order valence-electron chi connectivity index (χ1n) is 6.65. The molecular weight excluding hydrogens is 253 g/mol. The van der Waals surface area contributed by atoms with E-state index in [0.717, 1.165) is 30.5 Å². The van der Waals surface area contributed by atoms with E-state index in [1.54, 1.807) is 12.1 Å². The zero-order chi connectivity index (χ0) is 13.9. The van der Waals surface area contributed by atoms with E-state index in [-0.39, 0.29) is 13.0 Å².